The number of carbonyl (C=O) groups excluding carboxylic acids is 2. The van der Waals surface area contributed by atoms with E-state index >= 15 is 0 Å². The summed E-state index contributed by atoms with van der Waals surface area (Å²) in [5.74, 6) is -2.23. The quantitative estimate of drug-likeness (QED) is 0.339. The third-order valence-corrected chi connectivity index (χ3v) is 8.17. The fourth-order valence-corrected chi connectivity index (χ4v) is 6.32. The summed E-state index contributed by atoms with van der Waals surface area (Å²) in [6, 6.07) is 3.12. The van der Waals surface area contributed by atoms with Gasteiger partial charge in [0, 0.05) is 43.8 Å². The monoisotopic (exact) mass is 558 g/mol. The first-order valence-corrected chi connectivity index (χ1v) is 13.0. The molecule has 216 valence electrons. The highest BCUT2D eigenvalue weighted by molar-refractivity contribution is 6.31. The Morgan fingerprint density at radius 1 is 0.975 bits per heavy atom. The third kappa shape index (κ3) is 4.20. The maximum Gasteiger partial charge on any atom is 0.202 e. The van der Waals surface area contributed by atoms with E-state index in [2.05, 4.69) is 0 Å². The molecule has 0 amide bonds. The first-order chi connectivity index (χ1) is 18.9. The van der Waals surface area contributed by atoms with Crippen molar-refractivity contribution in [3.63, 3.8) is 0 Å². The zero-order valence-corrected chi connectivity index (χ0v) is 23.2. The molecule has 5 rings (SSSR count). The lowest BCUT2D eigenvalue weighted by Gasteiger charge is -2.45. The van der Waals surface area contributed by atoms with Crippen molar-refractivity contribution in [2.75, 3.05) is 21.3 Å². The number of aliphatic hydroxyl groups is 2. The number of methoxy groups -OCH3 is 3. The number of phenolic OH excluding ortho intramolecular Hbond substituents is 2. The van der Waals surface area contributed by atoms with Crippen LogP contribution in [0, 0.1) is 6.92 Å². The molecule has 0 bridgehead atoms. The Morgan fingerprint density at radius 3 is 2.25 bits per heavy atom. The Kier molecular flexibility index (Phi) is 7.18. The van der Waals surface area contributed by atoms with Crippen LogP contribution in [-0.4, -0.2) is 89.6 Å². The number of aryl methyl sites for hydroxylation is 1. The molecule has 0 radical (unpaired) electrons. The minimum Gasteiger partial charge on any atom is -0.507 e. The molecule has 1 aliphatic heterocycles. The average Bonchev–Trinajstić information content (AvgIpc) is 2.89. The van der Waals surface area contributed by atoms with Gasteiger partial charge in [0.05, 0.1) is 41.6 Å². The smallest absolute Gasteiger partial charge is 0.202 e. The number of hydrogen-bond donors (Lipinski definition) is 4. The van der Waals surface area contributed by atoms with Crippen LogP contribution >= 0.6 is 0 Å². The van der Waals surface area contributed by atoms with Gasteiger partial charge in [-0.1, -0.05) is 6.07 Å². The van der Waals surface area contributed by atoms with Gasteiger partial charge in [-0.2, -0.15) is 0 Å². The van der Waals surface area contributed by atoms with E-state index in [1.54, 1.807) is 19.9 Å². The van der Waals surface area contributed by atoms with Gasteiger partial charge in [0.15, 0.2) is 12.1 Å². The van der Waals surface area contributed by atoms with Gasteiger partial charge in [0.1, 0.15) is 35.6 Å². The van der Waals surface area contributed by atoms with E-state index < -0.39 is 65.5 Å². The van der Waals surface area contributed by atoms with E-state index in [-0.39, 0.29) is 52.0 Å². The topological polar surface area (TPSA) is 161 Å². The number of ketones is 2. The van der Waals surface area contributed by atoms with Crippen LogP contribution in [0.5, 0.6) is 17.2 Å². The molecule has 2 aliphatic carbocycles. The summed E-state index contributed by atoms with van der Waals surface area (Å²) in [4.78, 5) is 27.4. The maximum absolute atomic E-state index is 13.8. The maximum atomic E-state index is 13.8. The number of ether oxygens (including phenoxy) is 5. The van der Waals surface area contributed by atoms with Crippen LogP contribution in [0.15, 0.2) is 12.1 Å². The summed E-state index contributed by atoms with van der Waals surface area (Å²) in [5.41, 5.74) is -1.41. The number of benzene rings is 2. The van der Waals surface area contributed by atoms with Crippen molar-refractivity contribution < 1.29 is 53.7 Å². The van der Waals surface area contributed by atoms with Gasteiger partial charge in [-0.3, -0.25) is 9.59 Å². The van der Waals surface area contributed by atoms with Crippen LogP contribution in [0.3, 0.4) is 0 Å². The Morgan fingerprint density at radius 2 is 1.62 bits per heavy atom. The van der Waals surface area contributed by atoms with Crippen LogP contribution in [0.1, 0.15) is 74.9 Å². The van der Waals surface area contributed by atoms with Crippen molar-refractivity contribution >= 4 is 11.6 Å². The van der Waals surface area contributed by atoms with Gasteiger partial charge in [-0.05, 0) is 32.4 Å². The van der Waals surface area contributed by atoms with Crippen molar-refractivity contribution in [2.45, 2.75) is 76.0 Å². The van der Waals surface area contributed by atoms with Crippen LogP contribution in [0.2, 0.25) is 0 Å². The van der Waals surface area contributed by atoms with E-state index in [4.69, 9.17) is 23.7 Å². The Balaban J connectivity index is 1.65. The van der Waals surface area contributed by atoms with E-state index in [1.807, 2.05) is 0 Å². The Labute approximate surface area is 231 Å². The van der Waals surface area contributed by atoms with Gasteiger partial charge in [-0.15, -0.1) is 0 Å². The molecule has 1 heterocycles. The van der Waals surface area contributed by atoms with Crippen LogP contribution in [0.4, 0.5) is 0 Å². The highest BCUT2D eigenvalue weighted by Gasteiger charge is 2.49. The van der Waals surface area contributed by atoms with Crippen molar-refractivity contribution in [1.29, 1.82) is 0 Å². The first-order valence-electron chi connectivity index (χ1n) is 13.0. The molecule has 0 aromatic heterocycles. The number of carbonyl (C=O) groups is 2. The number of fused-ring (bicyclic) bond motifs is 3. The Hall–Kier alpha value is -3.06. The van der Waals surface area contributed by atoms with Crippen molar-refractivity contribution in [3.8, 4) is 17.2 Å². The molecule has 11 heteroatoms. The molecule has 3 aliphatic rings. The predicted molar refractivity (Wildman–Crippen MR) is 139 cm³/mol. The summed E-state index contributed by atoms with van der Waals surface area (Å²) in [7, 11) is 4.27. The summed E-state index contributed by atoms with van der Waals surface area (Å²) in [6.07, 6.45) is -5.86. The number of hydrogen-bond acceptors (Lipinski definition) is 11. The lowest BCUT2D eigenvalue weighted by atomic mass is 9.73. The fraction of sp³-hybridized carbons (Fsp3) is 0.517. The minimum absolute atomic E-state index is 0.0108. The number of phenols is 2. The van der Waals surface area contributed by atoms with E-state index in [1.165, 1.54) is 34.3 Å². The van der Waals surface area contributed by atoms with Crippen LogP contribution in [-0.2, 0) is 25.4 Å². The molecule has 11 nitrogen and oxygen atoms in total. The molecule has 1 fully saturated rings. The molecular weight excluding hydrogens is 524 g/mol. The van der Waals surface area contributed by atoms with Gasteiger partial charge in [-0.25, -0.2) is 0 Å². The van der Waals surface area contributed by atoms with Crippen molar-refractivity contribution in [1.82, 2.24) is 0 Å². The normalized spacial score (nSPS) is 31.4. The number of aromatic hydroxyl groups is 2. The highest BCUT2D eigenvalue weighted by atomic mass is 16.7. The summed E-state index contributed by atoms with van der Waals surface area (Å²) >= 11 is 0. The molecule has 0 unspecified atom stereocenters. The van der Waals surface area contributed by atoms with Crippen LogP contribution in [0.25, 0.3) is 0 Å². The number of rotatable bonds is 5. The second-order valence-corrected chi connectivity index (χ2v) is 10.9. The van der Waals surface area contributed by atoms with Gasteiger partial charge >= 0.3 is 0 Å². The second kappa shape index (κ2) is 10.1. The van der Waals surface area contributed by atoms with Gasteiger partial charge < -0.3 is 44.1 Å². The van der Waals surface area contributed by atoms with Gasteiger partial charge in [0.25, 0.3) is 0 Å². The summed E-state index contributed by atoms with van der Waals surface area (Å²) < 4.78 is 28.4. The zero-order chi connectivity index (χ0) is 29.3. The zero-order valence-electron chi connectivity index (χ0n) is 23.2. The average molecular weight is 559 g/mol. The summed E-state index contributed by atoms with van der Waals surface area (Å²) in [5, 5.41) is 45.1. The van der Waals surface area contributed by atoms with Crippen LogP contribution < -0.4 is 4.74 Å². The van der Waals surface area contributed by atoms with E-state index in [0.29, 0.717) is 5.56 Å². The Bertz CT molecular complexity index is 1380. The summed E-state index contributed by atoms with van der Waals surface area (Å²) in [6.45, 7) is 4.97. The van der Waals surface area contributed by atoms with E-state index in [0.717, 1.165) is 0 Å². The minimum atomic E-state index is -1.43. The van der Waals surface area contributed by atoms with Crippen molar-refractivity contribution in [3.05, 3.63) is 51.1 Å². The molecule has 2 aromatic rings. The largest absolute Gasteiger partial charge is 0.507 e. The molecule has 1 saturated heterocycles. The molecule has 4 N–H and O–H groups in total. The first kappa shape index (κ1) is 28.5. The number of aliphatic hydroxyl groups excluding tert-OH is 1. The van der Waals surface area contributed by atoms with Crippen molar-refractivity contribution in [2.24, 2.45) is 0 Å². The molecular formula is C29H34O11. The highest BCUT2D eigenvalue weighted by Crippen LogP contribution is 2.52. The second-order valence-electron chi connectivity index (χ2n) is 10.9. The van der Waals surface area contributed by atoms with E-state index in [9.17, 15) is 30.0 Å². The molecule has 40 heavy (non-hydrogen) atoms. The standard InChI is InChI=1S/C29H34O11/c1-11-7-8-13-17(25(11)36-4)23(33)19-18(20(13)30)21(31)14-9-29(3,35)10-15(16(14)22(19)32)40-28-24(34)27(38-6)26(37-5)12(2)39-28/h7-8,12,15,24,26-28,31-32,34-35H,9-10H2,1-6H3/t12-,15-,24+,26+,27+,28+,29-/m1/s1. The van der Waals surface area contributed by atoms with Gasteiger partial charge in [0.2, 0.25) is 5.78 Å². The fourth-order valence-electron chi connectivity index (χ4n) is 6.32. The molecule has 0 saturated carbocycles. The lowest BCUT2D eigenvalue weighted by molar-refractivity contribution is -0.314. The predicted octanol–water partition coefficient (Wildman–Crippen LogP) is 2.08. The molecule has 7 atom stereocenters. The SMILES string of the molecule is COc1c(C)ccc2c1C(=O)c1c(O)c3c(c(O)c1C2=O)C[C@@](C)(O)C[C@H]3O[C@@H]1O[C@H](C)[C@H](OC)[C@@H](OC)[C@@H]1O. The third-order valence-electron chi connectivity index (χ3n) is 8.17. The molecule has 2 aromatic carbocycles. The lowest BCUT2D eigenvalue weighted by Crippen LogP contribution is -2.59. The molecule has 0 spiro atoms.